The molecule has 0 saturated carbocycles. The maximum Gasteiger partial charge on any atom is 0.333 e. The van der Waals surface area contributed by atoms with Gasteiger partial charge in [-0.25, -0.2) is 9.78 Å². The molecule has 0 unspecified atom stereocenters. The standard InChI is InChI=1S/C26H30N4O3/c1-18(2)15-28-17-27-24-22(28)25(31)29(13-14-33-23-19(3)9-8-10-20(23)4)26(32)30(24)16-21-11-6-5-7-12-21/h5-12,17-18H,13-16H2,1-4H3. The van der Waals surface area contributed by atoms with Crippen LogP contribution in [0.3, 0.4) is 0 Å². The van der Waals surface area contributed by atoms with Crippen LogP contribution in [0.25, 0.3) is 11.2 Å². The van der Waals surface area contributed by atoms with Crippen LogP contribution in [0.2, 0.25) is 0 Å². The Balaban J connectivity index is 1.76. The maximum absolute atomic E-state index is 13.4. The van der Waals surface area contributed by atoms with Gasteiger partial charge in [0.25, 0.3) is 5.56 Å². The fourth-order valence-electron chi connectivity index (χ4n) is 4.14. The monoisotopic (exact) mass is 446 g/mol. The van der Waals surface area contributed by atoms with Crippen molar-refractivity contribution in [3.63, 3.8) is 0 Å². The molecule has 2 aromatic carbocycles. The first-order valence-electron chi connectivity index (χ1n) is 11.3. The van der Waals surface area contributed by atoms with E-state index >= 15 is 0 Å². The first-order chi connectivity index (χ1) is 15.9. The minimum Gasteiger partial charge on any atom is -0.491 e. The van der Waals surface area contributed by atoms with Gasteiger partial charge in [-0.3, -0.25) is 13.9 Å². The van der Waals surface area contributed by atoms with Crippen LogP contribution in [0.5, 0.6) is 5.75 Å². The molecule has 0 bridgehead atoms. The number of rotatable bonds is 8. The molecule has 0 N–H and O–H groups in total. The molecule has 2 heterocycles. The number of aryl methyl sites for hydroxylation is 2. The van der Waals surface area contributed by atoms with Crippen molar-refractivity contribution in [2.75, 3.05) is 6.61 Å². The number of benzene rings is 2. The van der Waals surface area contributed by atoms with Gasteiger partial charge in [-0.1, -0.05) is 62.4 Å². The lowest BCUT2D eigenvalue weighted by molar-refractivity contribution is 0.289. The Labute approximate surface area is 192 Å². The highest BCUT2D eigenvalue weighted by Gasteiger charge is 2.19. The second-order valence-electron chi connectivity index (χ2n) is 8.84. The van der Waals surface area contributed by atoms with E-state index < -0.39 is 0 Å². The lowest BCUT2D eigenvalue weighted by Gasteiger charge is -2.15. The molecule has 0 aliphatic carbocycles. The van der Waals surface area contributed by atoms with Crippen molar-refractivity contribution in [1.82, 2.24) is 18.7 Å². The van der Waals surface area contributed by atoms with E-state index in [1.165, 1.54) is 4.57 Å². The van der Waals surface area contributed by atoms with Crippen LogP contribution in [0, 0.1) is 19.8 Å². The van der Waals surface area contributed by atoms with E-state index in [0.717, 1.165) is 22.4 Å². The smallest absolute Gasteiger partial charge is 0.333 e. The number of aromatic nitrogens is 4. The summed E-state index contributed by atoms with van der Waals surface area (Å²) in [6.45, 7) is 9.50. The quantitative estimate of drug-likeness (QED) is 0.413. The topological polar surface area (TPSA) is 71.1 Å². The van der Waals surface area contributed by atoms with Crippen molar-refractivity contribution >= 4 is 11.2 Å². The summed E-state index contributed by atoms with van der Waals surface area (Å²) in [6, 6.07) is 15.7. The highest BCUT2D eigenvalue weighted by molar-refractivity contribution is 5.70. The molecule has 7 nitrogen and oxygen atoms in total. The molecule has 33 heavy (non-hydrogen) atoms. The fraction of sp³-hybridized carbons (Fsp3) is 0.346. The molecule has 0 saturated heterocycles. The summed E-state index contributed by atoms with van der Waals surface area (Å²) in [4.78, 5) is 31.3. The Morgan fingerprint density at radius 2 is 1.64 bits per heavy atom. The van der Waals surface area contributed by atoms with Gasteiger partial charge in [-0.15, -0.1) is 0 Å². The second kappa shape index (κ2) is 9.48. The van der Waals surface area contributed by atoms with E-state index in [1.807, 2.05) is 66.9 Å². The molecule has 0 aliphatic rings. The number of ether oxygens (including phenoxy) is 1. The lowest BCUT2D eigenvalue weighted by Crippen LogP contribution is -2.42. The summed E-state index contributed by atoms with van der Waals surface area (Å²) in [6.07, 6.45) is 1.66. The van der Waals surface area contributed by atoms with Crippen molar-refractivity contribution < 1.29 is 4.74 Å². The van der Waals surface area contributed by atoms with Crippen LogP contribution in [-0.2, 0) is 19.6 Å². The summed E-state index contributed by atoms with van der Waals surface area (Å²) < 4.78 is 10.7. The van der Waals surface area contributed by atoms with Crippen LogP contribution >= 0.6 is 0 Å². The SMILES string of the molecule is Cc1cccc(C)c1OCCn1c(=O)c2c(ncn2CC(C)C)n(Cc2ccccc2)c1=O. The van der Waals surface area contributed by atoms with Crippen LogP contribution in [0.15, 0.2) is 64.4 Å². The van der Waals surface area contributed by atoms with Crippen molar-refractivity contribution in [3.8, 4) is 5.75 Å². The molecule has 0 fully saturated rings. The van der Waals surface area contributed by atoms with Gasteiger partial charge in [0.1, 0.15) is 12.4 Å². The fourth-order valence-corrected chi connectivity index (χ4v) is 4.14. The Hall–Kier alpha value is -3.61. The predicted octanol–water partition coefficient (Wildman–Crippen LogP) is 3.76. The van der Waals surface area contributed by atoms with Gasteiger partial charge in [0.05, 0.1) is 19.4 Å². The van der Waals surface area contributed by atoms with E-state index in [4.69, 9.17) is 4.74 Å². The zero-order valence-corrected chi connectivity index (χ0v) is 19.6. The molecule has 172 valence electrons. The number of fused-ring (bicyclic) bond motifs is 1. The van der Waals surface area contributed by atoms with Crippen LogP contribution < -0.4 is 16.0 Å². The summed E-state index contributed by atoms with van der Waals surface area (Å²) >= 11 is 0. The van der Waals surface area contributed by atoms with Crippen LogP contribution in [0.1, 0.15) is 30.5 Å². The van der Waals surface area contributed by atoms with Gasteiger partial charge in [-0.2, -0.15) is 0 Å². The minimum atomic E-state index is -0.378. The molecule has 7 heteroatoms. The molecule has 4 aromatic rings. The Kier molecular flexibility index (Phi) is 6.49. The Morgan fingerprint density at radius 3 is 2.30 bits per heavy atom. The Morgan fingerprint density at radius 1 is 0.939 bits per heavy atom. The zero-order valence-electron chi connectivity index (χ0n) is 19.6. The van der Waals surface area contributed by atoms with Gasteiger partial charge in [-0.05, 0) is 36.5 Å². The molecule has 2 aromatic heterocycles. The third-order valence-corrected chi connectivity index (χ3v) is 5.70. The average Bonchev–Trinajstić information content (AvgIpc) is 3.19. The predicted molar refractivity (Wildman–Crippen MR) is 130 cm³/mol. The lowest BCUT2D eigenvalue weighted by atomic mass is 10.1. The van der Waals surface area contributed by atoms with Crippen molar-refractivity contribution in [2.45, 2.75) is 47.3 Å². The average molecular weight is 447 g/mol. The van der Waals surface area contributed by atoms with E-state index in [9.17, 15) is 9.59 Å². The minimum absolute atomic E-state index is 0.156. The van der Waals surface area contributed by atoms with Gasteiger partial charge in [0, 0.05) is 6.54 Å². The van der Waals surface area contributed by atoms with Gasteiger partial charge in [0.2, 0.25) is 0 Å². The van der Waals surface area contributed by atoms with E-state index in [2.05, 4.69) is 18.8 Å². The highest BCUT2D eigenvalue weighted by Crippen LogP contribution is 2.22. The molecular formula is C26H30N4O3. The molecule has 0 atom stereocenters. The normalized spacial score (nSPS) is 11.4. The first-order valence-corrected chi connectivity index (χ1v) is 11.3. The molecule has 4 rings (SSSR count). The second-order valence-corrected chi connectivity index (χ2v) is 8.84. The molecule has 0 spiro atoms. The van der Waals surface area contributed by atoms with E-state index in [0.29, 0.717) is 30.2 Å². The zero-order chi connectivity index (χ0) is 23.5. The number of hydrogen-bond acceptors (Lipinski definition) is 4. The van der Waals surface area contributed by atoms with E-state index in [1.54, 1.807) is 10.9 Å². The number of imidazole rings is 1. The van der Waals surface area contributed by atoms with Crippen molar-refractivity contribution in [1.29, 1.82) is 0 Å². The highest BCUT2D eigenvalue weighted by atomic mass is 16.5. The maximum atomic E-state index is 13.4. The third kappa shape index (κ3) is 4.62. The number of nitrogens with zero attached hydrogens (tertiary/aromatic N) is 4. The van der Waals surface area contributed by atoms with E-state index in [-0.39, 0.29) is 24.4 Å². The Bertz CT molecular complexity index is 1360. The largest absolute Gasteiger partial charge is 0.491 e. The van der Waals surface area contributed by atoms with Crippen LogP contribution in [-0.4, -0.2) is 25.3 Å². The molecule has 0 radical (unpaired) electrons. The number of para-hydroxylation sites is 1. The third-order valence-electron chi connectivity index (χ3n) is 5.70. The number of hydrogen-bond donors (Lipinski definition) is 0. The summed E-state index contributed by atoms with van der Waals surface area (Å²) in [5.74, 6) is 1.12. The van der Waals surface area contributed by atoms with Crippen molar-refractivity contribution in [3.05, 3.63) is 92.4 Å². The van der Waals surface area contributed by atoms with Gasteiger partial charge < -0.3 is 9.30 Å². The van der Waals surface area contributed by atoms with Gasteiger partial charge >= 0.3 is 5.69 Å². The molecule has 0 aliphatic heterocycles. The molecular weight excluding hydrogens is 416 g/mol. The first kappa shape index (κ1) is 22.6. The summed E-state index contributed by atoms with van der Waals surface area (Å²) in [5, 5.41) is 0. The summed E-state index contributed by atoms with van der Waals surface area (Å²) in [7, 11) is 0. The molecule has 0 amide bonds. The summed E-state index contributed by atoms with van der Waals surface area (Å²) in [5.41, 5.74) is 3.17. The van der Waals surface area contributed by atoms with Gasteiger partial charge in [0.15, 0.2) is 11.2 Å². The van der Waals surface area contributed by atoms with Crippen LogP contribution in [0.4, 0.5) is 0 Å². The van der Waals surface area contributed by atoms with Crippen molar-refractivity contribution in [2.24, 2.45) is 5.92 Å².